The first kappa shape index (κ1) is 16.9. The first-order valence-corrected chi connectivity index (χ1v) is 9.44. The van der Waals surface area contributed by atoms with Crippen LogP contribution in [0.5, 0.6) is 0 Å². The average molecular weight is 345 g/mol. The molecule has 1 aromatic rings. The van der Waals surface area contributed by atoms with Gasteiger partial charge in [-0.3, -0.25) is 9.78 Å². The van der Waals surface area contributed by atoms with Gasteiger partial charge in [0.25, 0.3) is 5.91 Å². The number of rotatable bonds is 4. The molecule has 25 heavy (non-hydrogen) atoms. The molecule has 0 unspecified atom stereocenters. The Bertz CT molecular complexity index is 577. The van der Waals surface area contributed by atoms with Gasteiger partial charge in [0, 0.05) is 32.5 Å². The first-order chi connectivity index (χ1) is 12.3. The van der Waals surface area contributed by atoms with Crippen molar-refractivity contribution in [2.24, 2.45) is 11.8 Å². The molecule has 0 radical (unpaired) electrons. The Kier molecular flexibility index (Phi) is 5.29. The van der Waals surface area contributed by atoms with Crippen molar-refractivity contribution < 1.29 is 14.3 Å². The van der Waals surface area contributed by atoms with Crippen molar-refractivity contribution in [3.8, 4) is 0 Å². The molecule has 3 aliphatic heterocycles. The number of pyridine rings is 1. The SMILES string of the molecule is O=C(Nc1cccnc1)[C@@H]1C[C@@H]2CCN(CC3CCOCC3)C[C@H]2O1. The number of fused-ring (bicyclic) bond motifs is 1. The van der Waals surface area contributed by atoms with Crippen molar-refractivity contribution in [3.05, 3.63) is 24.5 Å². The predicted molar refractivity (Wildman–Crippen MR) is 94.2 cm³/mol. The van der Waals surface area contributed by atoms with Crippen LogP contribution in [0.15, 0.2) is 24.5 Å². The van der Waals surface area contributed by atoms with E-state index in [0.29, 0.717) is 5.92 Å². The lowest BCUT2D eigenvalue weighted by Crippen LogP contribution is -2.45. The van der Waals surface area contributed by atoms with Gasteiger partial charge in [0.05, 0.1) is 18.0 Å². The molecule has 0 aliphatic carbocycles. The van der Waals surface area contributed by atoms with Gasteiger partial charge in [-0.05, 0) is 56.2 Å². The monoisotopic (exact) mass is 345 g/mol. The van der Waals surface area contributed by atoms with Gasteiger partial charge in [-0.2, -0.15) is 0 Å². The summed E-state index contributed by atoms with van der Waals surface area (Å²) in [6, 6.07) is 3.67. The normalized spacial score (nSPS) is 30.8. The minimum atomic E-state index is -0.335. The van der Waals surface area contributed by atoms with Crippen LogP contribution in [-0.2, 0) is 14.3 Å². The van der Waals surface area contributed by atoms with Crippen LogP contribution in [0.25, 0.3) is 0 Å². The van der Waals surface area contributed by atoms with E-state index in [-0.39, 0.29) is 18.1 Å². The second-order valence-corrected chi connectivity index (χ2v) is 7.49. The standard InChI is InChI=1S/C19H27N3O3/c23-19(21-16-2-1-6-20-11-16)17-10-15-3-7-22(13-18(15)25-17)12-14-4-8-24-9-5-14/h1-2,6,11,14-15,17-18H,3-5,7-10,12-13H2,(H,21,23)/t15-,17-,18+/m0/s1. The lowest BCUT2D eigenvalue weighted by atomic mass is 9.90. The van der Waals surface area contributed by atoms with E-state index in [9.17, 15) is 4.79 Å². The van der Waals surface area contributed by atoms with Crippen LogP contribution < -0.4 is 5.32 Å². The highest BCUT2D eigenvalue weighted by Crippen LogP contribution is 2.34. The highest BCUT2D eigenvalue weighted by molar-refractivity contribution is 5.94. The molecule has 3 saturated heterocycles. The molecule has 0 bridgehead atoms. The van der Waals surface area contributed by atoms with Gasteiger partial charge < -0.3 is 19.7 Å². The van der Waals surface area contributed by atoms with Crippen LogP contribution in [0, 0.1) is 11.8 Å². The summed E-state index contributed by atoms with van der Waals surface area (Å²) in [4.78, 5) is 19.0. The summed E-state index contributed by atoms with van der Waals surface area (Å²) in [5.74, 6) is 1.21. The number of hydrogen-bond acceptors (Lipinski definition) is 5. The van der Waals surface area contributed by atoms with Crippen molar-refractivity contribution >= 4 is 11.6 Å². The number of ether oxygens (including phenoxy) is 2. The summed E-state index contributed by atoms with van der Waals surface area (Å²) in [7, 11) is 0. The molecule has 136 valence electrons. The van der Waals surface area contributed by atoms with Crippen molar-refractivity contribution in [1.82, 2.24) is 9.88 Å². The summed E-state index contributed by atoms with van der Waals surface area (Å²) >= 11 is 0. The topological polar surface area (TPSA) is 63.7 Å². The maximum atomic E-state index is 12.5. The summed E-state index contributed by atoms with van der Waals surface area (Å²) in [6.45, 7) is 5.02. The fourth-order valence-electron chi connectivity index (χ4n) is 4.28. The zero-order valence-electron chi connectivity index (χ0n) is 14.6. The number of carbonyl (C=O) groups excluding carboxylic acids is 1. The zero-order valence-corrected chi connectivity index (χ0v) is 14.6. The summed E-state index contributed by atoms with van der Waals surface area (Å²) < 4.78 is 11.6. The Morgan fingerprint density at radius 2 is 2.20 bits per heavy atom. The minimum Gasteiger partial charge on any atom is -0.381 e. The second-order valence-electron chi connectivity index (χ2n) is 7.49. The molecule has 0 spiro atoms. The summed E-state index contributed by atoms with van der Waals surface area (Å²) in [5.41, 5.74) is 0.729. The van der Waals surface area contributed by atoms with Crippen LogP contribution in [0.3, 0.4) is 0 Å². The van der Waals surface area contributed by atoms with Gasteiger partial charge in [0.15, 0.2) is 0 Å². The van der Waals surface area contributed by atoms with E-state index in [1.807, 2.05) is 12.1 Å². The maximum Gasteiger partial charge on any atom is 0.253 e. The fraction of sp³-hybridized carbons (Fsp3) is 0.684. The highest BCUT2D eigenvalue weighted by atomic mass is 16.5. The molecule has 1 N–H and O–H groups in total. The molecule has 3 atom stereocenters. The van der Waals surface area contributed by atoms with E-state index in [1.165, 1.54) is 12.8 Å². The number of hydrogen-bond donors (Lipinski definition) is 1. The Balaban J connectivity index is 1.28. The molecule has 6 nitrogen and oxygen atoms in total. The molecule has 3 fully saturated rings. The molecule has 4 heterocycles. The molecular formula is C19H27N3O3. The van der Waals surface area contributed by atoms with Gasteiger partial charge in [-0.1, -0.05) is 0 Å². The minimum absolute atomic E-state index is 0.0432. The van der Waals surface area contributed by atoms with Gasteiger partial charge in [0.2, 0.25) is 0 Å². The van der Waals surface area contributed by atoms with Crippen LogP contribution in [0.4, 0.5) is 5.69 Å². The number of likely N-dealkylation sites (tertiary alicyclic amines) is 1. The largest absolute Gasteiger partial charge is 0.381 e. The fourth-order valence-corrected chi connectivity index (χ4v) is 4.28. The van der Waals surface area contributed by atoms with Gasteiger partial charge in [-0.15, -0.1) is 0 Å². The third kappa shape index (κ3) is 4.19. The summed E-state index contributed by atoms with van der Waals surface area (Å²) in [6.07, 6.45) is 7.52. The van der Waals surface area contributed by atoms with E-state index >= 15 is 0 Å². The number of nitrogens with one attached hydrogen (secondary N) is 1. The van der Waals surface area contributed by atoms with Crippen LogP contribution in [-0.4, -0.2) is 60.8 Å². The average Bonchev–Trinajstić information content (AvgIpc) is 3.07. The van der Waals surface area contributed by atoms with Crippen molar-refractivity contribution in [2.75, 3.05) is 38.2 Å². The van der Waals surface area contributed by atoms with E-state index in [1.54, 1.807) is 12.4 Å². The lowest BCUT2D eigenvalue weighted by Gasteiger charge is -2.36. The molecule has 6 heteroatoms. The quantitative estimate of drug-likeness (QED) is 0.903. The molecular weight excluding hydrogens is 318 g/mol. The number of aromatic nitrogens is 1. The Morgan fingerprint density at radius 1 is 1.32 bits per heavy atom. The van der Waals surface area contributed by atoms with Gasteiger partial charge in [-0.25, -0.2) is 0 Å². The zero-order chi connectivity index (χ0) is 17.1. The van der Waals surface area contributed by atoms with Crippen molar-refractivity contribution in [1.29, 1.82) is 0 Å². The van der Waals surface area contributed by atoms with Crippen LogP contribution >= 0.6 is 0 Å². The van der Waals surface area contributed by atoms with Crippen molar-refractivity contribution in [2.45, 2.75) is 37.9 Å². The third-order valence-electron chi connectivity index (χ3n) is 5.71. The first-order valence-electron chi connectivity index (χ1n) is 9.44. The van der Waals surface area contributed by atoms with E-state index in [4.69, 9.17) is 9.47 Å². The highest BCUT2D eigenvalue weighted by Gasteiger charge is 2.42. The van der Waals surface area contributed by atoms with Crippen LogP contribution in [0.2, 0.25) is 0 Å². The molecule has 4 rings (SSSR count). The lowest BCUT2D eigenvalue weighted by molar-refractivity contribution is -0.127. The van der Waals surface area contributed by atoms with Crippen LogP contribution in [0.1, 0.15) is 25.7 Å². The number of carbonyl (C=O) groups is 1. The maximum absolute atomic E-state index is 12.5. The van der Waals surface area contributed by atoms with E-state index in [2.05, 4.69) is 15.2 Å². The Hall–Kier alpha value is -1.50. The van der Waals surface area contributed by atoms with E-state index < -0.39 is 0 Å². The van der Waals surface area contributed by atoms with Crippen molar-refractivity contribution in [3.63, 3.8) is 0 Å². The van der Waals surface area contributed by atoms with Gasteiger partial charge in [0.1, 0.15) is 6.10 Å². The number of amides is 1. The molecule has 0 aromatic carbocycles. The Morgan fingerprint density at radius 3 is 3.00 bits per heavy atom. The molecule has 0 saturated carbocycles. The number of nitrogens with zero attached hydrogens (tertiary/aromatic N) is 2. The predicted octanol–water partition coefficient (Wildman–Crippen LogP) is 1.93. The molecule has 3 aliphatic rings. The third-order valence-corrected chi connectivity index (χ3v) is 5.71. The van der Waals surface area contributed by atoms with Gasteiger partial charge >= 0.3 is 0 Å². The Labute approximate surface area is 148 Å². The second kappa shape index (κ2) is 7.81. The number of anilines is 1. The summed E-state index contributed by atoms with van der Waals surface area (Å²) in [5, 5.41) is 2.92. The number of piperidine rings is 1. The molecule has 1 amide bonds. The van der Waals surface area contributed by atoms with E-state index in [0.717, 1.165) is 57.3 Å². The molecule has 1 aromatic heterocycles. The smallest absolute Gasteiger partial charge is 0.253 e.